The predicted molar refractivity (Wildman–Crippen MR) is 82.7 cm³/mol. The lowest BCUT2D eigenvalue weighted by atomic mass is 9.71. The van der Waals surface area contributed by atoms with Crippen LogP contribution in [0.4, 0.5) is 0 Å². The number of amides is 1. The maximum atomic E-state index is 12.5. The van der Waals surface area contributed by atoms with Gasteiger partial charge in [-0.1, -0.05) is 18.2 Å². The zero-order valence-electron chi connectivity index (χ0n) is 12.8. The van der Waals surface area contributed by atoms with E-state index in [0.717, 1.165) is 30.7 Å². The molecule has 0 N–H and O–H groups in total. The molecule has 1 amide bonds. The van der Waals surface area contributed by atoms with Crippen molar-refractivity contribution in [2.24, 2.45) is 0 Å². The van der Waals surface area contributed by atoms with Gasteiger partial charge in [-0.2, -0.15) is 0 Å². The summed E-state index contributed by atoms with van der Waals surface area (Å²) in [5.41, 5.74) is 3.15. The van der Waals surface area contributed by atoms with E-state index in [4.69, 9.17) is 9.47 Å². The molecule has 0 saturated heterocycles. The SMILES string of the molecule is COc1ccc2c(c1)C13CC(OC)C=CC1=CC(=O)N3CC2. The Labute approximate surface area is 130 Å². The van der Waals surface area contributed by atoms with Gasteiger partial charge in [-0.15, -0.1) is 0 Å². The largest absolute Gasteiger partial charge is 0.497 e. The zero-order chi connectivity index (χ0) is 15.3. The first-order valence-corrected chi connectivity index (χ1v) is 7.61. The summed E-state index contributed by atoms with van der Waals surface area (Å²) < 4.78 is 11.0. The molecule has 0 bridgehead atoms. The first kappa shape index (κ1) is 13.6. The first-order valence-electron chi connectivity index (χ1n) is 7.61. The molecular weight excluding hydrogens is 278 g/mol. The summed E-state index contributed by atoms with van der Waals surface area (Å²) in [7, 11) is 3.39. The zero-order valence-corrected chi connectivity index (χ0v) is 12.8. The molecule has 0 radical (unpaired) electrons. The number of carbonyl (C=O) groups is 1. The van der Waals surface area contributed by atoms with Crippen LogP contribution in [0.3, 0.4) is 0 Å². The van der Waals surface area contributed by atoms with Crippen molar-refractivity contribution in [1.82, 2.24) is 4.90 Å². The van der Waals surface area contributed by atoms with Gasteiger partial charge in [0.1, 0.15) is 5.75 Å². The normalized spacial score (nSPS) is 28.8. The van der Waals surface area contributed by atoms with Crippen molar-refractivity contribution in [2.75, 3.05) is 20.8 Å². The lowest BCUT2D eigenvalue weighted by Gasteiger charge is -2.48. The predicted octanol–water partition coefficient (Wildman–Crippen LogP) is 2.19. The van der Waals surface area contributed by atoms with E-state index in [2.05, 4.69) is 12.1 Å². The number of rotatable bonds is 2. The van der Waals surface area contributed by atoms with Gasteiger partial charge in [0.05, 0.1) is 18.8 Å². The third-order valence-corrected chi connectivity index (χ3v) is 5.14. The number of nitrogens with zero attached hydrogens (tertiary/aromatic N) is 1. The van der Waals surface area contributed by atoms with Crippen molar-refractivity contribution >= 4 is 5.91 Å². The first-order chi connectivity index (χ1) is 10.7. The van der Waals surface area contributed by atoms with Crippen LogP contribution in [0.2, 0.25) is 0 Å². The minimum Gasteiger partial charge on any atom is -0.497 e. The van der Waals surface area contributed by atoms with E-state index in [1.165, 1.54) is 11.1 Å². The molecule has 1 aliphatic carbocycles. The Bertz CT molecular complexity index is 706. The Morgan fingerprint density at radius 3 is 2.95 bits per heavy atom. The highest BCUT2D eigenvalue weighted by molar-refractivity contribution is 5.95. The van der Waals surface area contributed by atoms with E-state index >= 15 is 0 Å². The summed E-state index contributed by atoms with van der Waals surface area (Å²) in [6.45, 7) is 0.752. The van der Waals surface area contributed by atoms with Crippen LogP contribution in [0.25, 0.3) is 0 Å². The summed E-state index contributed by atoms with van der Waals surface area (Å²) in [6.07, 6.45) is 7.53. The van der Waals surface area contributed by atoms with Gasteiger partial charge >= 0.3 is 0 Å². The molecule has 4 rings (SSSR count). The molecule has 4 nitrogen and oxygen atoms in total. The van der Waals surface area contributed by atoms with Crippen LogP contribution in [0.1, 0.15) is 17.5 Å². The fourth-order valence-corrected chi connectivity index (χ4v) is 4.05. The van der Waals surface area contributed by atoms with Crippen molar-refractivity contribution in [3.8, 4) is 5.75 Å². The Balaban J connectivity index is 1.94. The molecule has 1 aromatic carbocycles. The molecule has 2 unspecified atom stereocenters. The number of benzene rings is 1. The van der Waals surface area contributed by atoms with Gasteiger partial charge in [0.25, 0.3) is 0 Å². The number of fused-ring (bicyclic) bond motifs is 1. The third-order valence-electron chi connectivity index (χ3n) is 5.14. The second-order valence-corrected chi connectivity index (χ2v) is 6.06. The standard InChI is InChI=1S/C18H19NO3/c1-21-14-5-3-12-7-8-19-17(20)9-13-4-6-15(22-2)11-18(13,19)16(12)10-14/h3-6,9-10,15H,7-8,11H2,1-2H3. The maximum absolute atomic E-state index is 12.5. The smallest absolute Gasteiger partial charge is 0.247 e. The Hall–Kier alpha value is -2.07. The van der Waals surface area contributed by atoms with E-state index in [9.17, 15) is 4.79 Å². The van der Waals surface area contributed by atoms with Crippen molar-refractivity contribution in [1.29, 1.82) is 0 Å². The number of methoxy groups -OCH3 is 2. The van der Waals surface area contributed by atoms with Crippen LogP contribution in [-0.4, -0.2) is 37.7 Å². The van der Waals surface area contributed by atoms with Crippen LogP contribution in [0.15, 0.2) is 42.0 Å². The molecule has 0 aromatic heterocycles. The lowest BCUT2D eigenvalue weighted by molar-refractivity contribution is -0.130. The molecule has 1 aromatic rings. The fraction of sp³-hybridized carbons (Fsp3) is 0.389. The molecule has 1 spiro atoms. The van der Waals surface area contributed by atoms with Crippen LogP contribution in [-0.2, 0) is 21.5 Å². The summed E-state index contributed by atoms with van der Waals surface area (Å²) in [4.78, 5) is 14.5. The van der Waals surface area contributed by atoms with Crippen LogP contribution in [0.5, 0.6) is 5.75 Å². The average Bonchev–Trinajstić information content (AvgIpc) is 2.86. The van der Waals surface area contributed by atoms with Gasteiger partial charge in [-0.3, -0.25) is 4.79 Å². The van der Waals surface area contributed by atoms with E-state index in [1.54, 1.807) is 20.3 Å². The Kier molecular flexibility index (Phi) is 2.91. The van der Waals surface area contributed by atoms with Gasteiger partial charge in [0.2, 0.25) is 5.91 Å². The monoisotopic (exact) mass is 297 g/mol. The number of carbonyl (C=O) groups excluding carboxylic acids is 1. The summed E-state index contributed by atoms with van der Waals surface area (Å²) in [5, 5.41) is 0. The molecule has 3 aliphatic rings. The van der Waals surface area contributed by atoms with Crippen molar-refractivity contribution in [3.05, 3.63) is 53.1 Å². The minimum absolute atomic E-state index is 0.0164. The summed E-state index contributed by atoms with van der Waals surface area (Å²) in [6, 6.07) is 6.21. The highest BCUT2D eigenvalue weighted by Crippen LogP contribution is 2.51. The molecule has 0 saturated carbocycles. The third kappa shape index (κ3) is 1.64. The van der Waals surface area contributed by atoms with Crippen LogP contribution >= 0.6 is 0 Å². The number of ether oxygens (including phenoxy) is 2. The molecule has 2 aliphatic heterocycles. The van der Waals surface area contributed by atoms with Crippen molar-refractivity contribution in [2.45, 2.75) is 24.5 Å². The second-order valence-electron chi connectivity index (χ2n) is 6.06. The maximum Gasteiger partial charge on any atom is 0.247 e. The molecule has 114 valence electrons. The number of hydrogen-bond acceptors (Lipinski definition) is 3. The Morgan fingerprint density at radius 2 is 2.18 bits per heavy atom. The van der Waals surface area contributed by atoms with E-state index < -0.39 is 5.54 Å². The van der Waals surface area contributed by atoms with E-state index in [0.29, 0.717) is 0 Å². The molecule has 2 heterocycles. The topological polar surface area (TPSA) is 38.8 Å². The van der Waals surface area contributed by atoms with E-state index in [1.807, 2.05) is 23.1 Å². The quantitative estimate of drug-likeness (QED) is 0.840. The molecule has 22 heavy (non-hydrogen) atoms. The van der Waals surface area contributed by atoms with Gasteiger partial charge in [-0.25, -0.2) is 0 Å². The van der Waals surface area contributed by atoms with E-state index in [-0.39, 0.29) is 12.0 Å². The summed E-state index contributed by atoms with van der Waals surface area (Å²) >= 11 is 0. The average molecular weight is 297 g/mol. The molecule has 4 heteroatoms. The minimum atomic E-state index is -0.394. The molecular formula is C18H19NO3. The van der Waals surface area contributed by atoms with Crippen molar-refractivity contribution in [3.63, 3.8) is 0 Å². The van der Waals surface area contributed by atoms with Gasteiger partial charge < -0.3 is 14.4 Å². The highest BCUT2D eigenvalue weighted by atomic mass is 16.5. The highest BCUT2D eigenvalue weighted by Gasteiger charge is 2.52. The van der Waals surface area contributed by atoms with Gasteiger partial charge in [0.15, 0.2) is 0 Å². The summed E-state index contributed by atoms with van der Waals surface area (Å²) in [5.74, 6) is 0.932. The van der Waals surface area contributed by atoms with Crippen molar-refractivity contribution < 1.29 is 14.3 Å². The Morgan fingerprint density at radius 1 is 1.32 bits per heavy atom. The fourth-order valence-electron chi connectivity index (χ4n) is 4.05. The number of hydrogen-bond donors (Lipinski definition) is 0. The van der Waals surface area contributed by atoms with Crippen LogP contribution < -0.4 is 4.74 Å². The van der Waals surface area contributed by atoms with Crippen LogP contribution in [0, 0.1) is 0 Å². The molecule has 0 fully saturated rings. The second kappa shape index (κ2) is 4.71. The van der Waals surface area contributed by atoms with Gasteiger partial charge in [0, 0.05) is 26.2 Å². The molecule has 2 atom stereocenters. The lowest BCUT2D eigenvalue weighted by Crippen LogP contribution is -2.52. The van der Waals surface area contributed by atoms with Gasteiger partial charge in [-0.05, 0) is 35.3 Å².